The molecule has 5 heteroatoms. The Kier molecular flexibility index (Phi) is 2.98. The lowest BCUT2D eigenvalue weighted by Crippen LogP contribution is -2.07. The summed E-state index contributed by atoms with van der Waals surface area (Å²) in [6, 6.07) is 3.03. The van der Waals surface area contributed by atoms with Gasteiger partial charge < -0.3 is 0 Å². The molecule has 0 atom stereocenters. The molecule has 0 bridgehead atoms. The number of hydrogen-bond acceptors (Lipinski definition) is 1. The number of rotatable bonds is 1. The van der Waals surface area contributed by atoms with E-state index in [1.807, 2.05) is 0 Å². The fourth-order valence-corrected chi connectivity index (χ4v) is 1.22. The molecule has 0 unspecified atom stereocenters. The molecule has 1 aromatic rings. The molecule has 15 heavy (non-hydrogen) atoms. The van der Waals surface area contributed by atoms with Gasteiger partial charge in [-0.25, -0.2) is 4.39 Å². The highest BCUT2D eigenvalue weighted by Crippen LogP contribution is 2.31. The van der Waals surface area contributed by atoms with Crippen LogP contribution < -0.4 is 0 Å². The first-order valence-electron chi connectivity index (χ1n) is 4.09. The van der Waals surface area contributed by atoms with Crippen molar-refractivity contribution in [3.8, 4) is 6.07 Å². The van der Waals surface area contributed by atoms with Crippen molar-refractivity contribution in [1.82, 2.24) is 0 Å². The molecule has 80 valence electrons. The van der Waals surface area contributed by atoms with Gasteiger partial charge in [-0.1, -0.05) is 0 Å². The molecule has 0 aliphatic carbocycles. The highest BCUT2D eigenvalue weighted by atomic mass is 19.4. The summed E-state index contributed by atoms with van der Waals surface area (Å²) in [5.74, 6) is -0.746. The molecule has 0 amide bonds. The third-order valence-electron chi connectivity index (χ3n) is 1.93. The van der Waals surface area contributed by atoms with Crippen LogP contribution in [-0.4, -0.2) is 0 Å². The SMILES string of the molecule is Cc1cc(C(F)(F)F)cc(CC#N)c1F. The molecular weight excluding hydrogens is 210 g/mol. The van der Waals surface area contributed by atoms with Crippen LogP contribution in [0.25, 0.3) is 0 Å². The summed E-state index contributed by atoms with van der Waals surface area (Å²) >= 11 is 0. The molecular formula is C10H7F4N. The molecule has 0 spiro atoms. The summed E-state index contributed by atoms with van der Waals surface area (Å²) in [7, 11) is 0. The van der Waals surface area contributed by atoms with Crippen LogP contribution in [0.3, 0.4) is 0 Å². The Morgan fingerprint density at radius 3 is 2.40 bits per heavy atom. The van der Waals surface area contributed by atoms with Gasteiger partial charge in [0.1, 0.15) is 5.82 Å². The monoisotopic (exact) mass is 217 g/mol. The van der Waals surface area contributed by atoms with E-state index in [9.17, 15) is 17.6 Å². The third-order valence-corrected chi connectivity index (χ3v) is 1.93. The average molecular weight is 217 g/mol. The lowest BCUT2D eigenvalue weighted by atomic mass is 10.0. The number of benzene rings is 1. The van der Waals surface area contributed by atoms with Gasteiger partial charge >= 0.3 is 6.18 Å². The Balaban J connectivity index is 3.31. The minimum atomic E-state index is -4.51. The molecule has 0 saturated heterocycles. The van der Waals surface area contributed by atoms with Crippen LogP contribution in [0.5, 0.6) is 0 Å². The van der Waals surface area contributed by atoms with Gasteiger partial charge in [-0.15, -0.1) is 0 Å². The van der Waals surface area contributed by atoms with Gasteiger partial charge in [0.15, 0.2) is 0 Å². The maximum atomic E-state index is 13.2. The molecule has 0 fully saturated rings. The Morgan fingerprint density at radius 2 is 1.93 bits per heavy atom. The standard InChI is InChI=1S/C10H7F4N/c1-6-4-8(10(12,13)14)5-7(2-3-15)9(6)11/h4-5H,2H2,1H3. The molecule has 1 nitrogen and oxygen atoms in total. The smallest absolute Gasteiger partial charge is 0.206 e. The van der Waals surface area contributed by atoms with E-state index in [0.717, 1.165) is 6.07 Å². The second kappa shape index (κ2) is 3.89. The van der Waals surface area contributed by atoms with Crippen molar-refractivity contribution >= 4 is 0 Å². The van der Waals surface area contributed by atoms with Crippen molar-refractivity contribution in [3.63, 3.8) is 0 Å². The summed E-state index contributed by atoms with van der Waals surface area (Å²) in [5, 5.41) is 8.33. The maximum absolute atomic E-state index is 13.2. The van der Waals surface area contributed by atoms with Crippen LogP contribution in [-0.2, 0) is 12.6 Å². The second-order valence-corrected chi connectivity index (χ2v) is 3.10. The summed E-state index contributed by atoms with van der Waals surface area (Å²) in [5.41, 5.74) is -1.24. The van der Waals surface area contributed by atoms with E-state index in [-0.39, 0.29) is 17.5 Å². The van der Waals surface area contributed by atoms with Crippen LogP contribution in [0.15, 0.2) is 12.1 Å². The minimum absolute atomic E-state index is 0.102. The van der Waals surface area contributed by atoms with E-state index in [0.29, 0.717) is 6.07 Å². The number of nitriles is 1. The summed E-state index contributed by atoms with van der Waals surface area (Å²) in [6.07, 6.45) is -4.88. The molecule has 1 rings (SSSR count). The average Bonchev–Trinajstić information content (AvgIpc) is 2.11. The normalized spacial score (nSPS) is 11.2. The van der Waals surface area contributed by atoms with Gasteiger partial charge in [0, 0.05) is 5.56 Å². The lowest BCUT2D eigenvalue weighted by molar-refractivity contribution is -0.137. The zero-order valence-corrected chi connectivity index (χ0v) is 7.82. The molecule has 0 aliphatic rings. The predicted octanol–water partition coefficient (Wildman–Crippen LogP) is 3.22. The largest absolute Gasteiger partial charge is 0.416 e. The summed E-state index contributed by atoms with van der Waals surface area (Å²) < 4.78 is 50.2. The Labute approximate surface area is 83.9 Å². The van der Waals surface area contributed by atoms with Crippen molar-refractivity contribution in [3.05, 3.63) is 34.6 Å². The Hall–Kier alpha value is -1.57. The molecule has 0 aromatic heterocycles. The fourth-order valence-electron chi connectivity index (χ4n) is 1.22. The van der Waals surface area contributed by atoms with Gasteiger partial charge in [0.2, 0.25) is 0 Å². The van der Waals surface area contributed by atoms with Gasteiger partial charge in [-0.3, -0.25) is 0 Å². The van der Waals surface area contributed by atoms with Gasteiger partial charge in [-0.05, 0) is 24.6 Å². The Bertz CT molecular complexity index is 415. The first-order valence-corrected chi connectivity index (χ1v) is 4.09. The van der Waals surface area contributed by atoms with E-state index in [1.54, 1.807) is 6.07 Å². The molecule has 0 radical (unpaired) electrons. The number of nitrogens with zero attached hydrogens (tertiary/aromatic N) is 1. The van der Waals surface area contributed by atoms with Crippen molar-refractivity contribution in [2.75, 3.05) is 0 Å². The van der Waals surface area contributed by atoms with E-state index in [2.05, 4.69) is 0 Å². The Morgan fingerprint density at radius 1 is 1.33 bits per heavy atom. The van der Waals surface area contributed by atoms with Gasteiger partial charge in [0.25, 0.3) is 0 Å². The van der Waals surface area contributed by atoms with E-state index < -0.39 is 17.6 Å². The van der Waals surface area contributed by atoms with Gasteiger partial charge in [0.05, 0.1) is 18.1 Å². The molecule has 0 saturated carbocycles. The van der Waals surface area contributed by atoms with Crippen LogP contribution in [0.2, 0.25) is 0 Å². The van der Waals surface area contributed by atoms with Crippen molar-refractivity contribution in [1.29, 1.82) is 5.26 Å². The van der Waals surface area contributed by atoms with Crippen LogP contribution in [0.4, 0.5) is 17.6 Å². The second-order valence-electron chi connectivity index (χ2n) is 3.10. The first kappa shape index (κ1) is 11.5. The van der Waals surface area contributed by atoms with Crippen molar-refractivity contribution in [2.24, 2.45) is 0 Å². The summed E-state index contributed by atoms with van der Waals surface area (Å²) in [6.45, 7) is 1.24. The summed E-state index contributed by atoms with van der Waals surface area (Å²) in [4.78, 5) is 0. The zero-order valence-electron chi connectivity index (χ0n) is 7.82. The first-order chi connectivity index (χ1) is 6.86. The lowest BCUT2D eigenvalue weighted by Gasteiger charge is -2.10. The van der Waals surface area contributed by atoms with Crippen molar-refractivity contribution in [2.45, 2.75) is 19.5 Å². The van der Waals surface area contributed by atoms with E-state index in [1.165, 1.54) is 6.92 Å². The molecule has 0 heterocycles. The third kappa shape index (κ3) is 2.46. The van der Waals surface area contributed by atoms with Crippen LogP contribution in [0.1, 0.15) is 16.7 Å². The van der Waals surface area contributed by atoms with Crippen LogP contribution >= 0.6 is 0 Å². The topological polar surface area (TPSA) is 23.8 Å². The van der Waals surface area contributed by atoms with Crippen molar-refractivity contribution < 1.29 is 17.6 Å². The zero-order chi connectivity index (χ0) is 11.6. The number of halogens is 4. The number of alkyl halides is 3. The van der Waals surface area contributed by atoms with Gasteiger partial charge in [-0.2, -0.15) is 18.4 Å². The molecule has 0 N–H and O–H groups in total. The quantitative estimate of drug-likeness (QED) is 0.662. The molecule has 0 aliphatic heterocycles. The van der Waals surface area contributed by atoms with E-state index >= 15 is 0 Å². The minimum Gasteiger partial charge on any atom is -0.206 e. The van der Waals surface area contributed by atoms with E-state index in [4.69, 9.17) is 5.26 Å². The number of hydrogen-bond donors (Lipinski definition) is 0. The maximum Gasteiger partial charge on any atom is 0.416 e. The van der Waals surface area contributed by atoms with Crippen LogP contribution in [0, 0.1) is 24.1 Å². The number of aryl methyl sites for hydroxylation is 1. The molecule has 1 aromatic carbocycles. The predicted molar refractivity (Wildman–Crippen MR) is 45.5 cm³/mol. The highest BCUT2D eigenvalue weighted by molar-refractivity contribution is 5.34. The fraction of sp³-hybridized carbons (Fsp3) is 0.300. The highest BCUT2D eigenvalue weighted by Gasteiger charge is 2.31.